The molecule has 5 nitrogen and oxygen atoms in total. The van der Waals surface area contributed by atoms with E-state index in [1.807, 2.05) is 42.2 Å². The second kappa shape index (κ2) is 11.2. The van der Waals surface area contributed by atoms with Crippen molar-refractivity contribution < 1.29 is 14.3 Å². The van der Waals surface area contributed by atoms with Crippen molar-refractivity contribution in [2.75, 3.05) is 25.4 Å². The van der Waals surface area contributed by atoms with Crippen molar-refractivity contribution in [1.29, 1.82) is 0 Å². The summed E-state index contributed by atoms with van der Waals surface area (Å²) in [7, 11) is 0. The van der Waals surface area contributed by atoms with E-state index >= 15 is 0 Å². The predicted molar refractivity (Wildman–Crippen MR) is 119 cm³/mol. The largest absolute Gasteiger partial charge is 0.466 e. The van der Waals surface area contributed by atoms with Crippen molar-refractivity contribution in [1.82, 2.24) is 9.88 Å². The quantitative estimate of drug-likeness (QED) is 0.440. The number of pyridine rings is 1. The summed E-state index contributed by atoms with van der Waals surface area (Å²) in [6.07, 6.45) is 7.63. The molecule has 1 fully saturated rings. The molecule has 1 amide bonds. The standard InChI is InChI=1S/C24H30N2O3S/c1-2-29-23(28)24(13-6-10-20-8-4-3-5-9-20)14-7-17-26(19-24)22(27)18-30-21-11-15-25-16-12-21/h3-5,8-9,11-12,15-16H,2,6-7,10,13-14,17-19H2,1H3/t24-/m0/s1. The maximum Gasteiger partial charge on any atom is 0.313 e. The molecule has 6 heteroatoms. The third kappa shape index (κ3) is 6.08. The second-order valence-corrected chi connectivity index (χ2v) is 8.78. The lowest BCUT2D eigenvalue weighted by molar-refractivity contribution is -0.161. The summed E-state index contributed by atoms with van der Waals surface area (Å²) in [4.78, 5) is 32.7. The first kappa shape index (κ1) is 22.3. The molecular formula is C24H30N2O3S. The Labute approximate surface area is 183 Å². The molecule has 2 heterocycles. The van der Waals surface area contributed by atoms with Gasteiger partial charge < -0.3 is 9.64 Å². The summed E-state index contributed by atoms with van der Waals surface area (Å²) >= 11 is 1.51. The number of esters is 1. The van der Waals surface area contributed by atoms with E-state index in [-0.39, 0.29) is 11.9 Å². The molecule has 0 bridgehead atoms. The van der Waals surface area contributed by atoms with Crippen LogP contribution < -0.4 is 0 Å². The Bertz CT molecular complexity index is 816. The van der Waals surface area contributed by atoms with E-state index in [1.54, 1.807) is 12.4 Å². The highest BCUT2D eigenvalue weighted by Gasteiger charge is 2.44. The molecule has 1 aromatic heterocycles. The first-order valence-electron chi connectivity index (χ1n) is 10.6. The monoisotopic (exact) mass is 426 g/mol. The van der Waals surface area contributed by atoms with Gasteiger partial charge in [0.15, 0.2) is 0 Å². The number of nitrogens with zero attached hydrogens (tertiary/aromatic N) is 2. The first-order valence-corrected chi connectivity index (χ1v) is 11.6. The van der Waals surface area contributed by atoms with Gasteiger partial charge in [0.2, 0.25) is 5.91 Å². The lowest BCUT2D eigenvalue weighted by Gasteiger charge is -2.41. The van der Waals surface area contributed by atoms with Gasteiger partial charge in [-0.05, 0) is 56.7 Å². The maximum atomic E-state index is 12.9. The Kier molecular flexibility index (Phi) is 8.31. The van der Waals surface area contributed by atoms with Gasteiger partial charge in [0.25, 0.3) is 0 Å². The van der Waals surface area contributed by atoms with Crippen LogP contribution in [0, 0.1) is 5.41 Å². The van der Waals surface area contributed by atoms with Crippen LogP contribution in [-0.4, -0.2) is 47.2 Å². The SMILES string of the molecule is CCOC(=O)[C@@]1(CCCc2ccccc2)CCCN(C(=O)CSc2ccncc2)C1. The molecular weight excluding hydrogens is 396 g/mol. The molecule has 0 spiro atoms. The predicted octanol–water partition coefficient (Wildman–Crippen LogP) is 4.37. The molecule has 2 aromatic rings. The Hall–Kier alpha value is -2.34. The fourth-order valence-electron chi connectivity index (χ4n) is 4.05. The molecule has 1 aliphatic rings. The Morgan fingerprint density at radius 1 is 1.17 bits per heavy atom. The molecule has 0 unspecified atom stereocenters. The summed E-state index contributed by atoms with van der Waals surface area (Å²) in [6.45, 7) is 3.36. The fraction of sp³-hybridized carbons (Fsp3) is 0.458. The lowest BCUT2D eigenvalue weighted by Crippen LogP contribution is -2.51. The minimum absolute atomic E-state index is 0.0771. The summed E-state index contributed by atoms with van der Waals surface area (Å²) in [5.41, 5.74) is 0.675. The van der Waals surface area contributed by atoms with Gasteiger partial charge in [0, 0.05) is 30.4 Å². The molecule has 3 rings (SSSR count). The third-order valence-corrected chi connectivity index (χ3v) is 6.61. The van der Waals surface area contributed by atoms with Crippen LogP contribution in [0.4, 0.5) is 0 Å². The number of likely N-dealkylation sites (tertiary alicyclic amines) is 1. The molecule has 0 aliphatic carbocycles. The lowest BCUT2D eigenvalue weighted by atomic mass is 9.75. The number of rotatable bonds is 9. The molecule has 160 valence electrons. The van der Waals surface area contributed by atoms with Gasteiger partial charge >= 0.3 is 5.97 Å². The maximum absolute atomic E-state index is 12.9. The average Bonchev–Trinajstić information content (AvgIpc) is 2.79. The summed E-state index contributed by atoms with van der Waals surface area (Å²) in [6, 6.07) is 14.1. The van der Waals surface area contributed by atoms with Gasteiger partial charge in [-0.25, -0.2) is 0 Å². The number of hydrogen-bond acceptors (Lipinski definition) is 5. The summed E-state index contributed by atoms with van der Waals surface area (Å²) in [5, 5.41) is 0. The van der Waals surface area contributed by atoms with Crippen LogP contribution >= 0.6 is 11.8 Å². The van der Waals surface area contributed by atoms with Crippen molar-refractivity contribution in [3.8, 4) is 0 Å². The van der Waals surface area contributed by atoms with Crippen LogP contribution in [0.3, 0.4) is 0 Å². The number of benzene rings is 1. The number of carbonyl (C=O) groups is 2. The number of piperidine rings is 1. The highest BCUT2D eigenvalue weighted by atomic mass is 32.2. The Morgan fingerprint density at radius 2 is 1.93 bits per heavy atom. The van der Waals surface area contributed by atoms with E-state index in [2.05, 4.69) is 17.1 Å². The summed E-state index contributed by atoms with van der Waals surface area (Å²) < 4.78 is 5.46. The van der Waals surface area contributed by atoms with Crippen molar-refractivity contribution in [2.24, 2.45) is 5.41 Å². The van der Waals surface area contributed by atoms with E-state index in [1.165, 1.54) is 17.3 Å². The third-order valence-electron chi connectivity index (χ3n) is 5.61. The van der Waals surface area contributed by atoms with Gasteiger partial charge in [-0.3, -0.25) is 14.6 Å². The average molecular weight is 427 g/mol. The Balaban J connectivity index is 1.62. The number of amides is 1. The molecule has 1 aliphatic heterocycles. The summed E-state index contributed by atoms with van der Waals surface area (Å²) in [5.74, 6) is 0.290. The van der Waals surface area contributed by atoms with Gasteiger partial charge in [0.05, 0.1) is 17.8 Å². The fourth-order valence-corrected chi connectivity index (χ4v) is 4.83. The molecule has 0 N–H and O–H groups in total. The molecule has 1 atom stereocenters. The smallest absolute Gasteiger partial charge is 0.313 e. The number of aryl methyl sites for hydroxylation is 1. The van der Waals surface area contributed by atoms with Crippen molar-refractivity contribution >= 4 is 23.6 Å². The number of hydrogen-bond donors (Lipinski definition) is 0. The molecule has 0 radical (unpaired) electrons. The second-order valence-electron chi connectivity index (χ2n) is 7.73. The highest BCUT2D eigenvalue weighted by Crippen LogP contribution is 2.37. The Morgan fingerprint density at radius 3 is 2.67 bits per heavy atom. The molecule has 1 aromatic carbocycles. The van der Waals surface area contributed by atoms with Crippen LogP contribution in [0.1, 0.15) is 38.2 Å². The number of carbonyl (C=O) groups excluding carboxylic acids is 2. The van der Waals surface area contributed by atoms with Crippen molar-refractivity contribution in [3.05, 3.63) is 60.4 Å². The van der Waals surface area contributed by atoms with E-state index in [0.29, 0.717) is 25.4 Å². The number of thioether (sulfide) groups is 1. The zero-order chi connectivity index (χ0) is 21.2. The van der Waals surface area contributed by atoms with Crippen LogP contribution in [0.2, 0.25) is 0 Å². The minimum Gasteiger partial charge on any atom is -0.466 e. The van der Waals surface area contributed by atoms with Crippen LogP contribution in [-0.2, 0) is 20.7 Å². The van der Waals surface area contributed by atoms with E-state index in [0.717, 1.165) is 37.0 Å². The van der Waals surface area contributed by atoms with E-state index in [4.69, 9.17) is 4.74 Å². The van der Waals surface area contributed by atoms with Gasteiger partial charge in [0.1, 0.15) is 0 Å². The molecule has 0 saturated carbocycles. The van der Waals surface area contributed by atoms with Gasteiger partial charge in [-0.15, -0.1) is 11.8 Å². The van der Waals surface area contributed by atoms with Gasteiger partial charge in [-0.2, -0.15) is 0 Å². The van der Waals surface area contributed by atoms with E-state index in [9.17, 15) is 9.59 Å². The topological polar surface area (TPSA) is 59.5 Å². The van der Waals surface area contributed by atoms with Crippen LogP contribution in [0.5, 0.6) is 0 Å². The van der Waals surface area contributed by atoms with Crippen molar-refractivity contribution in [3.63, 3.8) is 0 Å². The van der Waals surface area contributed by atoms with Gasteiger partial charge in [-0.1, -0.05) is 30.3 Å². The zero-order valence-corrected chi connectivity index (χ0v) is 18.4. The zero-order valence-electron chi connectivity index (χ0n) is 17.6. The molecule has 30 heavy (non-hydrogen) atoms. The number of ether oxygens (including phenoxy) is 1. The highest BCUT2D eigenvalue weighted by molar-refractivity contribution is 8.00. The van der Waals surface area contributed by atoms with E-state index < -0.39 is 5.41 Å². The van der Waals surface area contributed by atoms with Crippen LogP contribution in [0.15, 0.2) is 59.8 Å². The minimum atomic E-state index is -0.597. The van der Waals surface area contributed by atoms with Crippen LogP contribution in [0.25, 0.3) is 0 Å². The number of aromatic nitrogens is 1. The van der Waals surface area contributed by atoms with Crippen molar-refractivity contribution in [2.45, 2.75) is 43.9 Å². The normalized spacial score (nSPS) is 18.8. The first-order chi connectivity index (χ1) is 14.6. The molecule has 1 saturated heterocycles.